The van der Waals surface area contributed by atoms with E-state index in [1.165, 1.54) is 0 Å². The molecule has 0 aliphatic rings. The molecule has 6 heteroatoms. The van der Waals surface area contributed by atoms with E-state index in [1.54, 1.807) is 12.3 Å². The lowest BCUT2D eigenvalue weighted by atomic mass is 10.1. The van der Waals surface area contributed by atoms with Crippen LogP contribution in [0.2, 0.25) is 10.0 Å². The van der Waals surface area contributed by atoms with Crippen molar-refractivity contribution in [3.05, 3.63) is 46.1 Å². The second-order valence-electron chi connectivity index (χ2n) is 4.72. The lowest BCUT2D eigenvalue weighted by Gasteiger charge is -2.17. The van der Waals surface area contributed by atoms with Crippen molar-refractivity contribution in [2.75, 3.05) is 17.2 Å². The van der Waals surface area contributed by atoms with Crippen LogP contribution in [0, 0.1) is 0 Å². The zero-order valence-electron chi connectivity index (χ0n) is 12.0. The zero-order valence-corrected chi connectivity index (χ0v) is 13.5. The third-order valence-electron chi connectivity index (χ3n) is 2.98. The van der Waals surface area contributed by atoms with Crippen LogP contribution in [0.25, 0.3) is 0 Å². The number of nitrogens with zero attached hydrogens (tertiary/aromatic N) is 2. The number of aromatic nitrogens is 2. The number of hydrogen-bond acceptors (Lipinski definition) is 4. The van der Waals surface area contributed by atoms with Gasteiger partial charge < -0.3 is 10.6 Å². The van der Waals surface area contributed by atoms with Crippen LogP contribution >= 0.6 is 23.2 Å². The molecule has 1 atom stereocenters. The molecule has 0 saturated heterocycles. The van der Waals surface area contributed by atoms with E-state index in [0.29, 0.717) is 16.0 Å². The van der Waals surface area contributed by atoms with Gasteiger partial charge in [0.1, 0.15) is 5.82 Å². The number of anilines is 2. The summed E-state index contributed by atoms with van der Waals surface area (Å²) in [5.74, 6) is 1.37. The number of rotatable bonds is 6. The fourth-order valence-electron chi connectivity index (χ4n) is 1.91. The van der Waals surface area contributed by atoms with Gasteiger partial charge in [-0.3, -0.25) is 0 Å². The van der Waals surface area contributed by atoms with Crippen molar-refractivity contribution in [3.63, 3.8) is 0 Å². The smallest absolute Gasteiger partial charge is 0.224 e. The molecule has 2 rings (SSSR count). The van der Waals surface area contributed by atoms with Crippen LogP contribution in [-0.2, 0) is 0 Å². The Labute approximate surface area is 134 Å². The maximum atomic E-state index is 6.22. The Morgan fingerprint density at radius 2 is 2.05 bits per heavy atom. The normalized spacial score (nSPS) is 12.0. The molecule has 0 radical (unpaired) electrons. The van der Waals surface area contributed by atoms with Crippen LogP contribution in [0.1, 0.15) is 31.9 Å². The number of halogens is 2. The highest BCUT2D eigenvalue weighted by Crippen LogP contribution is 2.28. The molecule has 0 aliphatic carbocycles. The van der Waals surface area contributed by atoms with Gasteiger partial charge in [-0.15, -0.1) is 0 Å². The molecule has 21 heavy (non-hydrogen) atoms. The van der Waals surface area contributed by atoms with Crippen molar-refractivity contribution in [3.8, 4) is 0 Å². The lowest BCUT2D eigenvalue weighted by molar-refractivity contribution is 0.870. The Balaban J connectivity index is 2.10. The highest BCUT2D eigenvalue weighted by Gasteiger charge is 2.11. The van der Waals surface area contributed by atoms with Gasteiger partial charge in [0.15, 0.2) is 0 Å². The zero-order chi connectivity index (χ0) is 15.2. The van der Waals surface area contributed by atoms with Crippen LogP contribution < -0.4 is 10.6 Å². The molecule has 0 amide bonds. The van der Waals surface area contributed by atoms with Crippen molar-refractivity contribution in [1.82, 2.24) is 9.97 Å². The van der Waals surface area contributed by atoms with E-state index in [4.69, 9.17) is 23.2 Å². The van der Waals surface area contributed by atoms with Gasteiger partial charge in [0.2, 0.25) is 5.95 Å². The Kier molecular flexibility index (Phi) is 5.65. The van der Waals surface area contributed by atoms with Gasteiger partial charge in [-0.05, 0) is 37.1 Å². The van der Waals surface area contributed by atoms with E-state index in [-0.39, 0.29) is 6.04 Å². The topological polar surface area (TPSA) is 49.8 Å². The van der Waals surface area contributed by atoms with Crippen LogP contribution in [-0.4, -0.2) is 16.5 Å². The Morgan fingerprint density at radius 1 is 1.24 bits per heavy atom. The highest BCUT2D eigenvalue weighted by molar-refractivity contribution is 6.35. The summed E-state index contributed by atoms with van der Waals surface area (Å²) in [7, 11) is 0. The molecule has 0 bridgehead atoms. The highest BCUT2D eigenvalue weighted by atomic mass is 35.5. The van der Waals surface area contributed by atoms with Gasteiger partial charge >= 0.3 is 0 Å². The van der Waals surface area contributed by atoms with Crippen molar-refractivity contribution in [1.29, 1.82) is 0 Å². The minimum atomic E-state index is 0.0173. The molecule has 1 aromatic heterocycles. The van der Waals surface area contributed by atoms with E-state index in [9.17, 15) is 0 Å². The molecular formula is C15H18Cl2N4. The third-order valence-corrected chi connectivity index (χ3v) is 3.54. The summed E-state index contributed by atoms with van der Waals surface area (Å²) in [5, 5.41) is 7.75. The van der Waals surface area contributed by atoms with Crippen molar-refractivity contribution < 1.29 is 0 Å². The quantitative estimate of drug-likeness (QED) is 0.802. The average molecular weight is 325 g/mol. The molecule has 0 fully saturated rings. The summed E-state index contributed by atoms with van der Waals surface area (Å²) in [6, 6.07) is 7.33. The van der Waals surface area contributed by atoms with Gasteiger partial charge in [-0.1, -0.05) is 36.2 Å². The fourth-order valence-corrected chi connectivity index (χ4v) is 2.49. The van der Waals surface area contributed by atoms with Crippen molar-refractivity contribution in [2.45, 2.75) is 26.3 Å². The summed E-state index contributed by atoms with van der Waals surface area (Å²) in [6.45, 7) is 4.97. The summed E-state index contributed by atoms with van der Waals surface area (Å²) >= 11 is 12.1. The van der Waals surface area contributed by atoms with Gasteiger partial charge in [0, 0.05) is 22.8 Å². The van der Waals surface area contributed by atoms with Crippen molar-refractivity contribution >= 4 is 35.0 Å². The molecule has 112 valence electrons. The average Bonchev–Trinajstić information content (AvgIpc) is 2.45. The predicted octanol–water partition coefficient (Wildman–Crippen LogP) is 4.78. The Morgan fingerprint density at radius 3 is 2.76 bits per heavy atom. The molecule has 0 aliphatic heterocycles. The molecule has 1 unspecified atom stereocenters. The van der Waals surface area contributed by atoms with E-state index in [2.05, 4.69) is 27.5 Å². The molecule has 4 nitrogen and oxygen atoms in total. The van der Waals surface area contributed by atoms with Crippen molar-refractivity contribution in [2.24, 2.45) is 0 Å². The second-order valence-corrected chi connectivity index (χ2v) is 5.57. The largest absolute Gasteiger partial charge is 0.363 e. The summed E-state index contributed by atoms with van der Waals surface area (Å²) < 4.78 is 0. The van der Waals surface area contributed by atoms with Crippen LogP contribution in [0.4, 0.5) is 11.8 Å². The first-order valence-corrected chi connectivity index (χ1v) is 7.64. The van der Waals surface area contributed by atoms with E-state index >= 15 is 0 Å². The molecule has 0 spiro atoms. The van der Waals surface area contributed by atoms with Gasteiger partial charge in [0.05, 0.1) is 6.04 Å². The van der Waals surface area contributed by atoms with Crippen LogP contribution in [0.5, 0.6) is 0 Å². The molecule has 2 aromatic rings. The van der Waals surface area contributed by atoms with E-state index in [1.807, 2.05) is 25.1 Å². The molecule has 1 aromatic carbocycles. The van der Waals surface area contributed by atoms with Gasteiger partial charge in [-0.25, -0.2) is 4.98 Å². The summed E-state index contributed by atoms with van der Waals surface area (Å²) in [5.41, 5.74) is 0.975. The first kappa shape index (κ1) is 15.9. The predicted molar refractivity (Wildman–Crippen MR) is 89.3 cm³/mol. The minimum Gasteiger partial charge on any atom is -0.363 e. The maximum absolute atomic E-state index is 6.22. The number of benzene rings is 1. The van der Waals surface area contributed by atoms with E-state index < -0.39 is 0 Å². The molecule has 0 saturated carbocycles. The molecular weight excluding hydrogens is 307 g/mol. The number of nitrogens with one attached hydrogen (secondary N) is 2. The molecule has 1 heterocycles. The Bertz CT molecular complexity index is 604. The minimum absolute atomic E-state index is 0.0173. The molecule has 2 N–H and O–H groups in total. The lowest BCUT2D eigenvalue weighted by Crippen LogP contribution is -2.10. The summed E-state index contributed by atoms with van der Waals surface area (Å²) in [4.78, 5) is 8.60. The first-order chi connectivity index (χ1) is 10.1. The van der Waals surface area contributed by atoms with E-state index in [0.717, 1.165) is 24.3 Å². The first-order valence-electron chi connectivity index (χ1n) is 6.88. The maximum Gasteiger partial charge on any atom is 0.224 e. The Hall–Kier alpha value is -1.52. The second kappa shape index (κ2) is 7.48. The standard InChI is InChI=1S/C15H18Cl2N4/c1-3-7-18-15-19-8-6-14(21-15)20-10(2)12-5-4-11(16)9-13(12)17/h4-6,8-10H,3,7H2,1-2H3,(H2,18,19,20,21). The monoisotopic (exact) mass is 324 g/mol. The number of hydrogen-bond donors (Lipinski definition) is 2. The fraction of sp³-hybridized carbons (Fsp3) is 0.333. The van der Waals surface area contributed by atoms with Crippen LogP contribution in [0.3, 0.4) is 0 Å². The third kappa shape index (κ3) is 4.48. The van der Waals surface area contributed by atoms with Gasteiger partial charge in [-0.2, -0.15) is 4.98 Å². The van der Waals surface area contributed by atoms with Crippen LogP contribution in [0.15, 0.2) is 30.5 Å². The summed E-state index contributed by atoms with van der Waals surface area (Å²) in [6.07, 6.45) is 2.75. The van der Waals surface area contributed by atoms with Gasteiger partial charge in [0.25, 0.3) is 0 Å². The SMILES string of the molecule is CCCNc1nccc(NC(C)c2ccc(Cl)cc2Cl)n1.